The summed E-state index contributed by atoms with van der Waals surface area (Å²) in [5.74, 6) is 0. The molecule has 3 nitrogen and oxygen atoms in total. The molecule has 1 fully saturated rings. The number of aryl methyl sites for hydroxylation is 1. The Morgan fingerprint density at radius 3 is 2.86 bits per heavy atom. The van der Waals surface area contributed by atoms with Gasteiger partial charge in [0.2, 0.25) is 0 Å². The van der Waals surface area contributed by atoms with Crippen LogP contribution in [0.1, 0.15) is 45.4 Å². The average Bonchev–Trinajstić information content (AvgIpc) is 2.91. The molecule has 1 aromatic rings. The van der Waals surface area contributed by atoms with Crippen LogP contribution < -0.4 is 0 Å². The van der Waals surface area contributed by atoms with Gasteiger partial charge in [0.1, 0.15) is 6.23 Å². The lowest BCUT2D eigenvalue weighted by Crippen LogP contribution is -2.06. The predicted molar refractivity (Wildman–Crippen MR) is 57.2 cm³/mol. The summed E-state index contributed by atoms with van der Waals surface area (Å²) in [5, 5.41) is 4.26. The largest absolute Gasteiger partial charge is 0.357 e. The highest BCUT2D eigenvalue weighted by molar-refractivity contribution is 5.03. The van der Waals surface area contributed by atoms with E-state index in [0.29, 0.717) is 0 Å². The molecule has 14 heavy (non-hydrogen) atoms. The fraction of sp³-hybridized carbons (Fsp3) is 0.727. The van der Waals surface area contributed by atoms with E-state index in [1.54, 1.807) is 0 Å². The Kier molecular flexibility index (Phi) is 4.66. The zero-order valence-corrected chi connectivity index (χ0v) is 9.36. The van der Waals surface area contributed by atoms with Crippen molar-refractivity contribution < 1.29 is 4.74 Å². The molecular formula is C11H20N2O. The van der Waals surface area contributed by atoms with Gasteiger partial charge in [-0.25, -0.2) is 4.68 Å². The number of hydrogen-bond acceptors (Lipinski definition) is 2. The monoisotopic (exact) mass is 196 g/mol. The molecule has 1 aliphatic heterocycles. The van der Waals surface area contributed by atoms with Gasteiger partial charge in [-0.3, -0.25) is 0 Å². The summed E-state index contributed by atoms with van der Waals surface area (Å²) in [7, 11) is 0. The molecule has 1 saturated heterocycles. The smallest absolute Gasteiger partial charge is 0.150 e. The highest BCUT2D eigenvalue weighted by Crippen LogP contribution is 2.21. The summed E-state index contributed by atoms with van der Waals surface area (Å²) >= 11 is 0. The Morgan fingerprint density at radius 2 is 2.36 bits per heavy atom. The second kappa shape index (κ2) is 5.81. The normalized spacial score (nSPS) is 20.4. The van der Waals surface area contributed by atoms with Crippen LogP contribution in [-0.4, -0.2) is 16.4 Å². The van der Waals surface area contributed by atoms with E-state index < -0.39 is 0 Å². The lowest BCUT2D eigenvalue weighted by atomic mass is 10.3. The average molecular weight is 196 g/mol. The Labute approximate surface area is 86.1 Å². The van der Waals surface area contributed by atoms with Gasteiger partial charge in [0, 0.05) is 12.8 Å². The summed E-state index contributed by atoms with van der Waals surface area (Å²) in [5.41, 5.74) is 1.28. The molecule has 2 rings (SSSR count). The van der Waals surface area contributed by atoms with Crippen LogP contribution in [0.25, 0.3) is 0 Å². The summed E-state index contributed by atoms with van der Waals surface area (Å²) < 4.78 is 7.43. The first-order chi connectivity index (χ1) is 6.90. The Balaban J connectivity index is 0.000000461. The second-order valence-corrected chi connectivity index (χ2v) is 3.15. The summed E-state index contributed by atoms with van der Waals surface area (Å²) in [6, 6.07) is 0. The van der Waals surface area contributed by atoms with Gasteiger partial charge in [0.15, 0.2) is 0 Å². The van der Waals surface area contributed by atoms with E-state index in [9.17, 15) is 0 Å². The van der Waals surface area contributed by atoms with Crippen molar-refractivity contribution in [2.75, 3.05) is 6.61 Å². The van der Waals surface area contributed by atoms with E-state index in [1.807, 2.05) is 24.7 Å². The topological polar surface area (TPSA) is 27.1 Å². The summed E-state index contributed by atoms with van der Waals surface area (Å²) in [6.45, 7) is 7.02. The third kappa shape index (κ3) is 2.58. The Bertz CT molecular complexity index is 252. The number of ether oxygens (including phenoxy) is 1. The molecule has 1 aromatic heterocycles. The van der Waals surface area contributed by atoms with Crippen LogP contribution in [0.15, 0.2) is 12.4 Å². The molecule has 0 spiro atoms. The van der Waals surface area contributed by atoms with E-state index in [4.69, 9.17) is 4.74 Å². The van der Waals surface area contributed by atoms with E-state index in [1.165, 1.54) is 5.56 Å². The van der Waals surface area contributed by atoms with Crippen molar-refractivity contribution in [2.45, 2.75) is 46.3 Å². The lowest BCUT2D eigenvalue weighted by Gasteiger charge is -2.08. The van der Waals surface area contributed by atoms with Crippen molar-refractivity contribution >= 4 is 0 Å². The fourth-order valence-electron chi connectivity index (χ4n) is 1.49. The standard InChI is InChI=1S/C9H14N2O.C2H6/c1-2-8-6-10-11(7-8)9-4-3-5-12-9;1-2/h6-7,9H,2-5H2,1H3;1-2H3. The molecule has 0 aromatic carbocycles. The number of hydrogen-bond donors (Lipinski definition) is 0. The van der Waals surface area contributed by atoms with Crippen LogP contribution in [0.5, 0.6) is 0 Å². The van der Waals surface area contributed by atoms with Crippen molar-refractivity contribution in [2.24, 2.45) is 0 Å². The van der Waals surface area contributed by atoms with Gasteiger partial charge in [0.05, 0.1) is 6.20 Å². The first-order valence-corrected chi connectivity index (χ1v) is 5.55. The molecule has 0 aliphatic carbocycles. The molecule has 0 saturated carbocycles. The van der Waals surface area contributed by atoms with Gasteiger partial charge < -0.3 is 4.74 Å². The summed E-state index contributed by atoms with van der Waals surface area (Å²) in [4.78, 5) is 0. The first-order valence-electron chi connectivity index (χ1n) is 5.55. The van der Waals surface area contributed by atoms with Crippen LogP contribution in [0, 0.1) is 0 Å². The van der Waals surface area contributed by atoms with Gasteiger partial charge in [-0.1, -0.05) is 20.8 Å². The number of nitrogens with zero attached hydrogens (tertiary/aromatic N) is 2. The third-order valence-electron chi connectivity index (χ3n) is 2.26. The van der Waals surface area contributed by atoms with E-state index in [2.05, 4.69) is 18.2 Å². The highest BCUT2D eigenvalue weighted by Gasteiger charge is 2.17. The van der Waals surface area contributed by atoms with E-state index >= 15 is 0 Å². The molecule has 0 amide bonds. The molecule has 2 heterocycles. The predicted octanol–water partition coefficient (Wildman–Crippen LogP) is 2.78. The van der Waals surface area contributed by atoms with Crippen LogP contribution in [0.3, 0.4) is 0 Å². The van der Waals surface area contributed by atoms with Crippen molar-refractivity contribution in [3.05, 3.63) is 18.0 Å². The minimum Gasteiger partial charge on any atom is -0.357 e. The molecule has 1 aliphatic rings. The molecule has 1 unspecified atom stereocenters. The third-order valence-corrected chi connectivity index (χ3v) is 2.26. The van der Waals surface area contributed by atoms with Gasteiger partial charge in [-0.2, -0.15) is 5.10 Å². The second-order valence-electron chi connectivity index (χ2n) is 3.15. The maximum absolute atomic E-state index is 5.50. The van der Waals surface area contributed by atoms with Gasteiger partial charge in [0.25, 0.3) is 0 Å². The van der Waals surface area contributed by atoms with Gasteiger partial charge in [-0.05, 0) is 24.8 Å². The molecule has 1 atom stereocenters. The van der Waals surface area contributed by atoms with Crippen molar-refractivity contribution in [1.29, 1.82) is 0 Å². The van der Waals surface area contributed by atoms with E-state index in [-0.39, 0.29) is 6.23 Å². The molecule has 0 bridgehead atoms. The number of aromatic nitrogens is 2. The molecule has 3 heteroatoms. The molecular weight excluding hydrogens is 176 g/mol. The minimum atomic E-state index is 0.199. The van der Waals surface area contributed by atoms with Gasteiger partial charge in [-0.15, -0.1) is 0 Å². The van der Waals surface area contributed by atoms with Gasteiger partial charge >= 0.3 is 0 Å². The van der Waals surface area contributed by atoms with Crippen molar-refractivity contribution in [3.63, 3.8) is 0 Å². The first kappa shape index (κ1) is 11.2. The Morgan fingerprint density at radius 1 is 1.57 bits per heavy atom. The quantitative estimate of drug-likeness (QED) is 0.727. The maximum Gasteiger partial charge on any atom is 0.150 e. The summed E-state index contributed by atoms with van der Waals surface area (Å²) in [6.07, 6.45) is 7.51. The minimum absolute atomic E-state index is 0.199. The maximum atomic E-state index is 5.50. The van der Waals surface area contributed by atoms with Crippen molar-refractivity contribution in [1.82, 2.24) is 9.78 Å². The Hall–Kier alpha value is -0.830. The van der Waals surface area contributed by atoms with Crippen LogP contribution in [-0.2, 0) is 11.2 Å². The van der Waals surface area contributed by atoms with Crippen molar-refractivity contribution in [3.8, 4) is 0 Å². The lowest BCUT2D eigenvalue weighted by molar-refractivity contribution is 0.0467. The zero-order chi connectivity index (χ0) is 10.4. The van der Waals surface area contributed by atoms with E-state index in [0.717, 1.165) is 25.9 Å². The van der Waals surface area contributed by atoms with Crippen LogP contribution in [0.4, 0.5) is 0 Å². The number of rotatable bonds is 2. The zero-order valence-electron chi connectivity index (χ0n) is 9.36. The molecule has 80 valence electrons. The van der Waals surface area contributed by atoms with Crippen LogP contribution >= 0.6 is 0 Å². The molecule has 0 radical (unpaired) electrons. The highest BCUT2D eigenvalue weighted by atomic mass is 16.5. The fourth-order valence-corrected chi connectivity index (χ4v) is 1.49. The molecule has 0 N–H and O–H groups in total. The SMILES string of the molecule is CC.CCc1cnn(C2CCCO2)c1. The van der Waals surface area contributed by atoms with Crippen LogP contribution in [0.2, 0.25) is 0 Å².